The first kappa shape index (κ1) is 12.9. The third kappa shape index (κ3) is 3.24. The number of rotatable bonds is 3. The van der Waals surface area contributed by atoms with Crippen molar-refractivity contribution in [3.63, 3.8) is 0 Å². The fourth-order valence-corrected chi connectivity index (χ4v) is 2.97. The van der Waals surface area contributed by atoms with Crippen molar-refractivity contribution in [2.75, 3.05) is 5.32 Å². The molecule has 1 nitrogen and oxygen atoms in total. The maximum atomic E-state index is 6.11. The summed E-state index contributed by atoms with van der Waals surface area (Å²) in [4.78, 5) is 0. The third-order valence-electron chi connectivity index (χ3n) is 2.38. The minimum atomic E-state index is 0.695. The van der Waals surface area contributed by atoms with Crippen LogP contribution in [0.5, 0.6) is 0 Å². The Bertz CT molecular complexity index is 508. The average molecular weight is 375 g/mol. The Labute approximate surface area is 122 Å². The van der Waals surface area contributed by atoms with Crippen LogP contribution in [0.4, 0.5) is 5.69 Å². The molecule has 17 heavy (non-hydrogen) atoms. The Morgan fingerprint density at radius 1 is 0.941 bits per heavy atom. The predicted molar refractivity (Wildman–Crippen MR) is 80.6 cm³/mol. The summed E-state index contributed by atoms with van der Waals surface area (Å²) in [5, 5.41) is 4.14. The molecule has 0 atom stereocenters. The van der Waals surface area contributed by atoms with E-state index in [2.05, 4.69) is 37.2 Å². The smallest absolute Gasteiger partial charge is 0.0631 e. The lowest BCUT2D eigenvalue weighted by Crippen LogP contribution is -2.01. The van der Waals surface area contributed by atoms with Gasteiger partial charge in [0.2, 0.25) is 0 Å². The van der Waals surface area contributed by atoms with Gasteiger partial charge in [0.25, 0.3) is 0 Å². The average Bonchev–Trinajstić information content (AvgIpc) is 2.30. The molecule has 4 heteroatoms. The molecule has 0 aliphatic carbocycles. The summed E-state index contributed by atoms with van der Waals surface area (Å²) in [6.07, 6.45) is 0. The first-order valence-corrected chi connectivity index (χ1v) is 7.06. The van der Waals surface area contributed by atoms with E-state index in [1.54, 1.807) is 0 Å². The monoisotopic (exact) mass is 373 g/mol. The van der Waals surface area contributed by atoms with Gasteiger partial charge in [0.15, 0.2) is 0 Å². The Morgan fingerprint density at radius 2 is 1.59 bits per heavy atom. The molecule has 0 aromatic heterocycles. The van der Waals surface area contributed by atoms with Crippen LogP contribution in [-0.2, 0) is 6.54 Å². The molecule has 88 valence electrons. The largest absolute Gasteiger partial charge is 0.379 e. The Hall–Kier alpha value is -0.510. The molecule has 0 radical (unpaired) electrons. The zero-order valence-electron chi connectivity index (χ0n) is 8.88. The summed E-state index contributed by atoms with van der Waals surface area (Å²) in [7, 11) is 0. The van der Waals surface area contributed by atoms with Gasteiger partial charge < -0.3 is 5.32 Å². The molecule has 0 saturated heterocycles. The van der Waals surface area contributed by atoms with E-state index in [1.165, 1.54) is 0 Å². The second kappa shape index (κ2) is 5.89. The van der Waals surface area contributed by atoms with Crippen LogP contribution in [0.15, 0.2) is 51.4 Å². The number of anilines is 1. The van der Waals surface area contributed by atoms with Crippen molar-refractivity contribution in [1.29, 1.82) is 0 Å². The molecule has 0 amide bonds. The second-order valence-electron chi connectivity index (χ2n) is 3.54. The summed E-state index contributed by atoms with van der Waals surface area (Å²) < 4.78 is 2.05. The van der Waals surface area contributed by atoms with Crippen molar-refractivity contribution in [2.45, 2.75) is 6.54 Å². The third-order valence-corrected chi connectivity index (χ3v) is 4.07. The number of benzene rings is 2. The molecular formula is C13H10Br2ClN. The maximum Gasteiger partial charge on any atom is 0.0631 e. The predicted octanol–water partition coefficient (Wildman–Crippen LogP) is 5.48. The topological polar surface area (TPSA) is 12.0 Å². The van der Waals surface area contributed by atoms with Gasteiger partial charge in [-0.1, -0.05) is 35.9 Å². The Kier molecular flexibility index (Phi) is 4.48. The molecule has 0 saturated carbocycles. The molecule has 0 spiro atoms. The fraction of sp³-hybridized carbons (Fsp3) is 0.0769. The molecule has 2 aromatic carbocycles. The summed E-state index contributed by atoms with van der Waals surface area (Å²) in [5.41, 5.74) is 2.12. The van der Waals surface area contributed by atoms with Crippen molar-refractivity contribution in [1.82, 2.24) is 0 Å². The summed E-state index contributed by atoms with van der Waals surface area (Å²) in [6, 6.07) is 13.8. The number of nitrogens with one attached hydrogen (secondary N) is 1. The zero-order valence-corrected chi connectivity index (χ0v) is 12.8. The molecule has 0 fully saturated rings. The van der Waals surface area contributed by atoms with Gasteiger partial charge in [-0.2, -0.15) is 0 Å². The van der Waals surface area contributed by atoms with Crippen LogP contribution in [-0.4, -0.2) is 0 Å². The lowest BCUT2D eigenvalue weighted by atomic mass is 10.2. The van der Waals surface area contributed by atoms with E-state index >= 15 is 0 Å². The highest BCUT2D eigenvalue weighted by atomic mass is 79.9. The van der Waals surface area contributed by atoms with E-state index < -0.39 is 0 Å². The van der Waals surface area contributed by atoms with Gasteiger partial charge in [-0.15, -0.1) is 0 Å². The molecule has 0 heterocycles. The molecule has 0 aliphatic rings. The van der Waals surface area contributed by atoms with Crippen LogP contribution in [0.2, 0.25) is 5.02 Å². The zero-order chi connectivity index (χ0) is 12.3. The fourth-order valence-electron chi connectivity index (χ4n) is 1.49. The highest BCUT2D eigenvalue weighted by Crippen LogP contribution is 2.31. The van der Waals surface area contributed by atoms with Gasteiger partial charge >= 0.3 is 0 Å². The number of halogens is 3. The molecule has 2 aromatic rings. The van der Waals surface area contributed by atoms with Crippen LogP contribution in [0.3, 0.4) is 0 Å². The van der Waals surface area contributed by atoms with Gasteiger partial charge in [-0.25, -0.2) is 0 Å². The summed E-state index contributed by atoms with van der Waals surface area (Å²) in [5.74, 6) is 0. The van der Waals surface area contributed by atoms with Crippen molar-refractivity contribution >= 4 is 49.1 Å². The molecular weight excluding hydrogens is 365 g/mol. The van der Waals surface area contributed by atoms with Crippen LogP contribution in [0.25, 0.3) is 0 Å². The minimum absolute atomic E-state index is 0.695. The van der Waals surface area contributed by atoms with E-state index in [0.717, 1.165) is 25.2 Å². The van der Waals surface area contributed by atoms with Gasteiger partial charge in [-0.3, -0.25) is 0 Å². The standard InChI is InChI=1S/C13H10Br2ClN/c14-10-5-3-6-11(15)13(10)17-8-9-4-1-2-7-12(9)16/h1-7,17H,8H2. The molecule has 0 aliphatic heterocycles. The van der Waals surface area contributed by atoms with Crippen LogP contribution in [0.1, 0.15) is 5.56 Å². The number of hydrogen-bond donors (Lipinski definition) is 1. The lowest BCUT2D eigenvalue weighted by molar-refractivity contribution is 1.14. The lowest BCUT2D eigenvalue weighted by Gasteiger charge is -2.11. The van der Waals surface area contributed by atoms with E-state index in [9.17, 15) is 0 Å². The van der Waals surface area contributed by atoms with E-state index in [1.807, 2.05) is 42.5 Å². The maximum absolute atomic E-state index is 6.11. The van der Waals surface area contributed by atoms with Gasteiger partial charge in [0.05, 0.1) is 5.69 Å². The minimum Gasteiger partial charge on any atom is -0.379 e. The molecule has 2 rings (SSSR count). The quantitative estimate of drug-likeness (QED) is 0.749. The van der Waals surface area contributed by atoms with Crippen molar-refractivity contribution in [3.05, 3.63) is 62.0 Å². The van der Waals surface area contributed by atoms with Crippen molar-refractivity contribution in [3.8, 4) is 0 Å². The van der Waals surface area contributed by atoms with Crippen LogP contribution < -0.4 is 5.32 Å². The number of para-hydroxylation sites is 1. The van der Waals surface area contributed by atoms with Gasteiger partial charge in [-0.05, 0) is 55.6 Å². The SMILES string of the molecule is Clc1ccccc1CNc1c(Br)cccc1Br. The van der Waals surface area contributed by atoms with E-state index in [4.69, 9.17) is 11.6 Å². The second-order valence-corrected chi connectivity index (χ2v) is 5.66. The molecule has 0 unspecified atom stereocenters. The van der Waals surface area contributed by atoms with E-state index in [0.29, 0.717) is 6.54 Å². The van der Waals surface area contributed by atoms with Crippen molar-refractivity contribution in [2.24, 2.45) is 0 Å². The first-order valence-electron chi connectivity index (χ1n) is 5.10. The summed E-state index contributed by atoms with van der Waals surface area (Å²) >= 11 is 13.1. The molecule has 0 bridgehead atoms. The Balaban J connectivity index is 2.16. The van der Waals surface area contributed by atoms with Crippen LogP contribution >= 0.6 is 43.5 Å². The van der Waals surface area contributed by atoms with Crippen LogP contribution in [0, 0.1) is 0 Å². The Morgan fingerprint density at radius 3 is 2.24 bits per heavy atom. The van der Waals surface area contributed by atoms with Gasteiger partial charge in [0.1, 0.15) is 0 Å². The summed E-state index contributed by atoms with van der Waals surface area (Å²) in [6.45, 7) is 0.695. The first-order chi connectivity index (χ1) is 8.18. The highest BCUT2D eigenvalue weighted by Gasteiger charge is 2.05. The highest BCUT2D eigenvalue weighted by molar-refractivity contribution is 9.11. The van der Waals surface area contributed by atoms with Gasteiger partial charge in [0, 0.05) is 20.5 Å². The number of hydrogen-bond acceptors (Lipinski definition) is 1. The van der Waals surface area contributed by atoms with E-state index in [-0.39, 0.29) is 0 Å². The molecule has 1 N–H and O–H groups in total. The normalized spacial score (nSPS) is 10.3. The van der Waals surface area contributed by atoms with Crippen molar-refractivity contribution < 1.29 is 0 Å².